The van der Waals surface area contributed by atoms with Crippen molar-refractivity contribution in [3.63, 3.8) is 0 Å². The van der Waals surface area contributed by atoms with Crippen molar-refractivity contribution < 1.29 is 14.4 Å². The molecule has 4 amide bonds. The van der Waals surface area contributed by atoms with E-state index in [2.05, 4.69) is 31.1 Å². The number of carbonyl (C=O) groups excluding carboxylic acids is 3. The number of hydrogen-bond acceptors (Lipinski definition) is 8. The smallest absolute Gasteiger partial charge is 0.321 e. The highest BCUT2D eigenvalue weighted by Gasteiger charge is 2.27. The molecule has 2 aromatic carbocycles. The SMILES string of the molecule is O=C1CC(Cc2nnc(SCC(=O)Nc3nc4ccccc4s3)n2-c2ccccc2)NC(=O)N1. The van der Waals surface area contributed by atoms with Gasteiger partial charge in [-0.25, -0.2) is 9.78 Å². The number of amides is 4. The topological polar surface area (TPSA) is 131 Å². The Bertz CT molecular complexity index is 1320. The van der Waals surface area contributed by atoms with Gasteiger partial charge in [0.15, 0.2) is 10.3 Å². The minimum atomic E-state index is -0.520. The summed E-state index contributed by atoms with van der Waals surface area (Å²) in [4.78, 5) is 40.5. The standard InChI is InChI=1S/C22H19N7O3S2/c30-18-11-13(23-20(32)25-18)10-17-27-28-22(29(17)14-6-2-1-3-7-14)33-12-19(31)26-21-24-15-8-4-5-9-16(15)34-21/h1-9,13H,10-12H2,(H,24,26,31)(H2,23,25,30,32). The number of benzene rings is 2. The largest absolute Gasteiger partial charge is 0.334 e. The minimum Gasteiger partial charge on any atom is -0.334 e. The van der Waals surface area contributed by atoms with E-state index in [1.807, 2.05) is 59.2 Å². The molecule has 1 aliphatic heterocycles. The van der Waals surface area contributed by atoms with Crippen LogP contribution in [0.4, 0.5) is 9.93 Å². The van der Waals surface area contributed by atoms with Gasteiger partial charge in [-0.2, -0.15) is 0 Å². The normalized spacial score (nSPS) is 15.7. The van der Waals surface area contributed by atoms with Crippen LogP contribution in [0.25, 0.3) is 15.9 Å². The first kappa shape index (κ1) is 22.0. The van der Waals surface area contributed by atoms with Gasteiger partial charge in [-0.3, -0.25) is 19.5 Å². The number of para-hydroxylation sites is 2. The van der Waals surface area contributed by atoms with Crippen LogP contribution in [0, 0.1) is 0 Å². The summed E-state index contributed by atoms with van der Waals surface area (Å²) in [6.07, 6.45) is 0.472. The van der Waals surface area contributed by atoms with Gasteiger partial charge in [0, 0.05) is 24.6 Å². The van der Waals surface area contributed by atoms with Crippen molar-refractivity contribution in [1.82, 2.24) is 30.4 Å². The predicted octanol–water partition coefficient (Wildman–Crippen LogP) is 2.75. The van der Waals surface area contributed by atoms with Gasteiger partial charge in [0.05, 0.1) is 16.0 Å². The molecule has 1 unspecified atom stereocenters. The average Bonchev–Trinajstić information content (AvgIpc) is 3.40. The van der Waals surface area contributed by atoms with Crippen LogP contribution in [0.15, 0.2) is 59.8 Å². The minimum absolute atomic E-state index is 0.115. The summed E-state index contributed by atoms with van der Waals surface area (Å²) in [5.74, 6) is 0.161. The fraction of sp³-hybridized carbons (Fsp3) is 0.182. The maximum absolute atomic E-state index is 12.6. The van der Waals surface area contributed by atoms with Crippen LogP contribution in [-0.4, -0.2) is 49.4 Å². The first-order valence-corrected chi connectivity index (χ1v) is 12.2. The van der Waals surface area contributed by atoms with E-state index in [0.717, 1.165) is 15.9 Å². The number of hydrogen-bond donors (Lipinski definition) is 3. The van der Waals surface area contributed by atoms with Crippen molar-refractivity contribution in [2.45, 2.75) is 24.0 Å². The third-order valence-electron chi connectivity index (χ3n) is 5.04. The van der Waals surface area contributed by atoms with Gasteiger partial charge in [-0.15, -0.1) is 10.2 Å². The zero-order valence-corrected chi connectivity index (χ0v) is 19.4. The molecule has 0 aliphatic carbocycles. The van der Waals surface area contributed by atoms with E-state index >= 15 is 0 Å². The molecule has 3 N–H and O–H groups in total. The zero-order chi connectivity index (χ0) is 23.5. The second kappa shape index (κ2) is 9.61. The molecule has 12 heteroatoms. The second-order valence-corrected chi connectivity index (χ2v) is 9.49. The third-order valence-corrected chi connectivity index (χ3v) is 6.92. The fourth-order valence-electron chi connectivity index (χ4n) is 3.59. The zero-order valence-electron chi connectivity index (χ0n) is 17.7. The van der Waals surface area contributed by atoms with Gasteiger partial charge in [-0.05, 0) is 24.3 Å². The number of thioether (sulfide) groups is 1. The molecule has 34 heavy (non-hydrogen) atoms. The van der Waals surface area contributed by atoms with Gasteiger partial charge in [0.25, 0.3) is 0 Å². The third kappa shape index (κ3) is 4.92. The van der Waals surface area contributed by atoms with E-state index < -0.39 is 12.1 Å². The molecule has 0 spiro atoms. The van der Waals surface area contributed by atoms with Crippen molar-refractivity contribution in [3.8, 4) is 5.69 Å². The fourth-order valence-corrected chi connectivity index (χ4v) is 5.24. The van der Waals surface area contributed by atoms with E-state index in [-0.39, 0.29) is 24.0 Å². The average molecular weight is 494 g/mol. The summed E-state index contributed by atoms with van der Waals surface area (Å²) < 4.78 is 2.84. The van der Waals surface area contributed by atoms with E-state index in [0.29, 0.717) is 22.5 Å². The number of thiazole rings is 1. The van der Waals surface area contributed by atoms with Crippen LogP contribution in [0.1, 0.15) is 12.2 Å². The van der Waals surface area contributed by atoms with Crippen molar-refractivity contribution in [2.24, 2.45) is 0 Å². The molecule has 10 nitrogen and oxygen atoms in total. The number of aromatic nitrogens is 4. The van der Waals surface area contributed by atoms with Gasteiger partial charge >= 0.3 is 6.03 Å². The quantitative estimate of drug-likeness (QED) is 0.337. The van der Waals surface area contributed by atoms with Crippen molar-refractivity contribution in [2.75, 3.05) is 11.1 Å². The van der Waals surface area contributed by atoms with Crippen molar-refractivity contribution in [3.05, 3.63) is 60.4 Å². The number of nitrogens with zero attached hydrogens (tertiary/aromatic N) is 4. The molecule has 4 aromatic rings. The second-order valence-electron chi connectivity index (χ2n) is 7.52. The lowest BCUT2D eigenvalue weighted by Gasteiger charge is -2.23. The van der Waals surface area contributed by atoms with E-state index in [9.17, 15) is 14.4 Å². The molecular weight excluding hydrogens is 474 g/mol. The van der Waals surface area contributed by atoms with Crippen molar-refractivity contribution >= 4 is 56.3 Å². The summed E-state index contributed by atoms with van der Waals surface area (Å²) >= 11 is 2.67. The van der Waals surface area contributed by atoms with Gasteiger partial charge in [0.1, 0.15) is 5.82 Å². The Morgan fingerprint density at radius 2 is 1.91 bits per heavy atom. The number of rotatable bonds is 7. The molecule has 0 radical (unpaired) electrons. The number of imide groups is 1. The molecule has 0 bridgehead atoms. The molecule has 2 aromatic heterocycles. The summed E-state index contributed by atoms with van der Waals surface area (Å²) in [7, 11) is 0. The van der Waals surface area contributed by atoms with Crippen LogP contribution in [0.5, 0.6) is 0 Å². The lowest BCUT2D eigenvalue weighted by molar-refractivity contribution is -0.121. The molecule has 1 saturated heterocycles. The maximum atomic E-state index is 12.6. The van der Waals surface area contributed by atoms with E-state index in [1.54, 1.807) is 0 Å². The lowest BCUT2D eigenvalue weighted by Crippen LogP contribution is -2.53. The Morgan fingerprint density at radius 1 is 1.12 bits per heavy atom. The van der Waals surface area contributed by atoms with Crippen LogP contribution in [-0.2, 0) is 16.0 Å². The molecule has 172 valence electrons. The van der Waals surface area contributed by atoms with E-state index in [1.165, 1.54) is 23.1 Å². The molecular formula is C22H19N7O3S2. The molecule has 0 saturated carbocycles. The number of nitrogens with one attached hydrogen (secondary N) is 3. The van der Waals surface area contributed by atoms with Crippen LogP contribution in [0.2, 0.25) is 0 Å². The Labute approximate surface area is 202 Å². The molecule has 3 heterocycles. The maximum Gasteiger partial charge on any atom is 0.321 e. The highest BCUT2D eigenvalue weighted by Crippen LogP contribution is 2.27. The molecule has 1 fully saturated rings. The summed E-state index contributed by atoms with van der Waals surface area (Å²) in [6.45, 7) is 0. The van der Waals surface area contributed by atoms with Gasteiger partial charge in [-0.1, -0.05) is 53.4 Å². The highest BCUT2D eigenvalue weighted by molar-refractivity contribution is 7.99. The van der Waals surface area contributed by atoms with Crippen LogP contribution in [0.3, 0.4) is 0 Å². The van der Waals surface area contributed by atoms with E-state index in [4.69, 9.17) is 0 Å². The number of urea groups is 1. The predicted molar refractivity (Wildman–Crippen MR) is 129 cm³/mol. The van der Waals surface area contributed by atoms with Gasteiger partial charge < -0.3 is 10.6 Å². The van der Waals surface area contributed by atoms with Crippen molar-refractivity contribution in [1.29, 1.82) is 0 Å². The number of carbonyl (C=O) groups is 3. The summed E-state index contributed by atoms with van der Waals surface area (Å²) in [5, 5.41) is 17.5. The Hall–Kier alpha value is -3.77. The Balaban J connectivity index is 1.32. The number of anilines is 1. The number of fused-ring (bicyclic) bond motifs is 1. The Morgan fingerprint density at radius 3 is 2.71 bits per heavy atom. The lowest BCUT2D eigenvalue weighted by atomic mass is 10.1. The molecule has 1 aliphatic rings. The summed E-state index contributed by atoms with van der Waals surface area (Å²) in [5.41, 5.74) is 1.66. The monoisotopic (exact) mass is 493 g/mol. The van der Waals surface area contributed by atoms with Crippen LogP contribution < -0.4 is 16.0 Å². The van der Waals surface area contributed by atoms with Gasteiger partial charge in [0.2, 0.25) is 11.8 Å². The summed E-state index contributed by atoms with van der Waals surface area (Å²) in [6, 6.07) is 16.3. The van der Waals surface area contributed by atoms with Crippen LogP contribution >= 0.6 is 23.1 Å². The highest BCUT2D eigenvalue weighted by atomic mass is 32.2. The first-order valence-electron chi connectivity index (χ1n) is 10.4. The Kier molecular flexibility index (Phi) is 6.23. The first-order chi connectivity index (χ1) is 16.5. The molecule has 5 rings (SSSR count). The molecule has 1 atom stereocenters.